The maximum Gasteiger partial charge on any atom is 0.214 e. The molecule has 0 aliphatic carbocycles. The number of hydrogen-bond acceptors (Lipinski definition) is 4. The van der Waals surface area contributed by atoms with E-state index in [2.05, 4.69) is 9.97 Å². The minimum absolute atomic E-state index is 0.0420. The molecular formula is C11H16N4O. The third kappa shape index (κ3) is 1.99. The van der Waals surface area contributed by atoms with Gasteiger partial charge in [0.2, 0.25) is 5.89 Å². The van der Waals surface area contributed by atoms with Crippen LogP contribution in [0.15, 0.2) is 16.9 Å². The van der Waals surface area contributed by atoms with E-state index in [0.29, 0.717) is 12.4 Å². The predicted molar refractivity (Wildman–Crippen MR) is 59.9 cm³/mol. The lowest BCUT2D eigenvalue weighted by Gasteiger charge is -2.08. The second-order valence-electron chi connectivity index (χ2n) is 3.98. The number of rotatable bonds is 3. The number of nitrogens with two attached hydrogens (primary N) is 1. The van der Waals surface area contributed by atoms with Crippen LogP contribution in [0.1, 0.15) is 36.0 Å². The molecule has 0 saturated heterocycles. The number of aromatic nitrogens is 3. The highest BCUT2D eigenvalue weighted by atomic mass is 16.4. The summed E-state index contributed by atoms with van der Waals surface area (Å²) in [7, 11) is 0. The second-order valence-corrected chi connectivity index (χ2v) is 3.98. The largest absolute Gasteiger partial charge is 0.444 e. The molecule has 0 spiro atoms. The van der Waals surface area contributed by atoms with Crippen LogP contribution in [0.2, 0.25) is 0 Å². The third-order valence-corrected chi connectivity index (χ3v) is 2.59. The van der Waals surface area contributed by atoms with Gasteiger partial charge in [0.25, 0.3) is 0 Å². The van der Waals surface area contributed by atoms with E-state index in [-0.39, 0.29) is 6.04 Å². The molecule has 5 nitrogen and oxygen atoms in total. The molecule has 0 aliphatic heterocycles. The van der Waals surface area contributed by atoms with Crippen molar-refractivity contribution in [2.24, 2.45) is 5.73 Å². The van der Waals surface area contributed by atoms with Crippen LogP contribution in [-0.4, -0.2) is 14.5 Å². The number of aryl methyl sites for hydroxylation is 2. The zero-order valence-electron chi connectivity index (χ0n) is 9.77. The van der Waals surface area contributed by atoms with E-state index in [1.165, 1.54) is 0 Å². The lowest BCUT2D eigenvalue weighted by Crippen LogP contribution is -2.12. The van der Waals surface area contributed by atoms with Gasteiger partial charge in [-0.1, -0.05) is 0 Å². The van der Waals surface area contributed by atoms with Crippen molar-refractivity contribution < 1.29 is 4.42 Å². The lowest BCUT2D eigenvalue weighted by molar-refractivity contribution is 0.451. The summed E-state index contributed by atoms with van der Waals surface area (Å²) in [5.41, 5.74) is 7.74. The molecule has 1 atom stereocenters. The SMILES string of the molecule is Cc1nc(Cn2cncc2[C@@H](C)N)oc1C. The number of hydrogen-bond donors (Lipinski definition) is 1. The van der Waals surface area contributed by atoms with E-state index in [1.54, 1.807) is 12.5 Å². The molecule has 0 aliphatic rings. The Morgan fingerprint density at radius 2 is 2.25 bits per heavy atom. The van der Waals surface area contributed by atoms with Gasteiger partial charge in [0.1, 0.15) is 12.3 Å². The van der Waals surface area contributed by atoms with Gasteiger partial charge in [0, 0.05) is 12.2 Å². The Kier molecular flexibility index (Phi) is 2.78. The Balaban J connectivity index is 2.23. The van der Waals surface area contributed by atoms with Crippen LogP contribution in [0.4, 0.5) is 0 Å². The van der Waals surface area contributed by atoms with Gasteiger partial charge in [-0.25, -0.2) is 9.97 Å². The molecule has 5 heteroatoms. The van der Waals surface area contributed by atoms with Crippen LogP contribution >= 0.6 is 0 Å². The molecule has 16 heavy (non-hydrogen) atoms. The Bertz CT molecular complexity index is 464. The average molecular weight is 220 g/mol. The van der Waals surface area contributed by atoms with Crippen LogP contribution in [0, 0.1) is 13.8 Å². The molecule has 0 unspecified atom stereocenters. The second kappa shape index (κ2) is 4.09. The van der Waals surface area contributed by atoms with E-state index in [0.717, 1.165) is 17.1 Å². The van der Waals surface area contributed by atoms with Crippen molar-refractivity contribution in [3.8, 4) is 0 Å². The Labute approximate surface area is 94.3 Å². The van der Waals surface area contributed by atoms with E-state index >= 15 is 0 Å². The summed E-state index contributed by atoms with van der Waals surface area (Å²) >= 11 is 0. The van der Waals surface area contributed by atoms with Crippen molar-refractivity contribution in [1.82, 2.24) is 14.5 Å². The maximum absolute atomic E-state index is 5.84. The van der Waals surface area contributed by atoms with Gasteiger partial charge in [-0.2, -0.15) is 0 Å². The molecule has 0 aromatic carbocycles. The van der Waals surface area contributed by atoms with E-state index < -0.39 is 0 Å². The zero-order valence-corrected chi connectivity index (χ0v) is 9.77. The van der Waals surface area contributed by atoms with Gasteiger partial charge in [-0.05, 0) is 20.8 Å². The van der Waals surface area contributed by atoms with Crippen molar-refractivity contribution in [2.75, 3.05) is 0 Å². The van der Waals surface area contributed by atoms with Gasteiger partial charge in [-0.3, -0.25) is 0 Å². The molecule has 86 valence electrons. The molecule has 0 saturated carbocycles. The van der Waals surface area contributed by atoms with Gasteiger partial charge < -0.3 is 14.7 Å². The lowest BCUT2D eigenvalue weighted by atomic mass is 10.3. The molecular weight excluding hydrogens is 204 g/mol. The fourth-order valence-corrected chi connectivity index (χ4v) is 1.59. The van der Waals surface area contributed by atoms with Crippen LogP contribution < -0.4 is 5.73 Å². The third-order valence-electron chi connectivity index (χ3n) is 2.59. The van der Waals surface area contributed by atoms with E-state index in [4.69, 9.17) is 10.2 Å². The molecule has 2 aromatic heterocycles. The summed E-state index contributed by atoms with van der Waals surface area (Å²) in [6.45, 7) is 6.35. The monoisotopic (exact) mass is 220 g/mol. The van der Waals surface area contributed by atoms with Gasteiger partial charge in [-0.15, -0.1) is 0 Å². The standard InChI is InChI=1S/C11H16N4O/c1-7(12)10-4-13-6-15(10)5-11-14-8(2)9(3)16-11/h4,6-7H,5,12H2,1-3H3/t7-/m1/s1. The van der Waals surface area contributed by atoms with Crippen molar-refractivity contribution in [2.45, 2.75) is 33.4 Å². The van der Waals surface area contributed by atoms with Crippen LogP contribution in [-0.2, 0) is 6.54 Å². The highest BCUT2D eigenvalue weighted by Gasteiger charge is 2.10. The minimum atomic E-state index is -0.0420. The van der Waals surface area contributed by atoms with E-state index in [1.807, 2.05) is 25.3 Å². The predicted octanol–water partition coefficient (Wildman–Crippen LogP) is 1.56. The molecule has 2 aromatic rings. The Hall–Kier alpha value is -1.62. The summed E-state index contributed by atoms with van der Waals surface area (Å²) in [6, 6.07) is -0.0420. The molecule has 2 rings (SSSR count). The first-order valence-corrected chi connectivity index (χ1v) is 5.26. The highest BCUT2D eigenvalue weighted by Crippen LogP contribution is 2.13. The first-order chi connectivity index (χ1) is 7.58. The van der Waals surface area contributed by atoms with E-state index in [9.17, 15) is 0 Å². The maximum atomic E-state index is 5.84. The van der Waals surface area contributed by atoms with Crippen molar-refractivity contribution in [1.29, 1.82) is 0 Å². The first-order valence-electron chi connectivity index (χ1n) is 5.26. The highest BCUT2D eigenvalue weighted by molar-refractivity contribution is 5.08. The van der Waals surface area contributed by atoms with Gasteiger partial charge >= 0.3 is 0 Å². The zero-order chi connectivity index (χ0) is 11.7. The molecule has 0 bridgehead atoms. The average Bonchev–Trinajstić information content (AvgIpc) is 2.75. The fraction of sp³-hybridized carbons (Fsp3) is 0.455. The molecule has 0 amide bonds. The van der Waals surface area contributed by atoms with Gasteiger partial charge in [0.15, 0.2) is 0 Å². The molecule has 0 radical (unpaired) electrons. The normalized spacial score (nSPS) is 13.0. The van der Waals surface area contributed by atoms with Crippen molar-refractivity contribution >= 4 is 0 Å². The number of imidazole rings is 1. The number of nitrogens with zero attached hydrogens (tertiary/aromatic N) is 3. The molecule has 0 fully saturated rings. The fourth-order valence-electron chi connectivity index (χ4n) is 1.59. The quantitative estimate of drug-likeness (QED) is 0.852. The smallest absolute Gasteiger partial charge is 0.214 e. The summed E-state index contributed by atoms with van der Waals surface area (Å²) in [5.74, 6) is 1.55. The molecule has 2 N–H and O–H groups in total. The Morgan fingerprint density at radius 1 is 1.50 bits per heavy atom. The number of oxazole rings is 1. The summed E-state index contributed by atoms with van der Waals surface area (Å²) < 4.78 is 7.48. The van der Waals surface area contributed by atoms with Gasteiger partial charge in [0.05, 0.1) is 17.7 Å². The minimum Gasteiger partial charge on any atom is -0.444 e. The topological polar surface area (TPSA) is 69.9 Å². The Morgan fingerprint density at radius 3 is 2.81 bits per heavy atom. The van der Waals surface area contributed by atoms with Crippen LogP contribution in [0.25, 0.3) is 0 Å². The summed E-state index contributed by atoms with van der Waals surface area (Å²) in [4.78, 5) is 8.41. The molecule has 2 heterocycles. The summed E-state index contributed by atoms with van der Waals surface area (Å²) in [5, 5.41) is 0. The van der Waals surface area contributed by atoms with Crippen LogP contribution in [0.5, 0.6) is 0 Å². The van der Waals surface area contributed by atoms with Crippen molar-refractivity contribution in [3.63, 3.8) is 0 Å². The van der Waals surface area contributed by atoms with Crippen molar-refractivity contribution in [3.05, 3.63) is 35.6 Å². The van der Waals surface area contributed by atoms with Crippen LogP contribution in [0.3, 0.4) is 0 Å². The summed E-state index contributed by atoms with van der Waals surface area (Å²) in [6.07, 6.45) is 3.51. The first kappa shape index (κ1) is 10.9.